The molecule has 2 aromatic rings. The van der Waals surface area contributed by atoms with Crippen molar-refractivity contribution in [3.8, 4) is 11.5 Å². The Kier molecular flexibility index (Phi) is 4.11. The maximum Gasteiger partial charge on any atom is 0.162 e. The van der Waals surface area contributed by atoms with Gasteiger partial charge >= 0.3 is 0 Å². The lowest BCUT2D eigenvalue weighted by molar-refractivity contribution is 0.199. The lowest BCUT2D eigenvalue weighted by Gasteiger charge is -2.16. The van der Waals surface area contributed by atoms with Gasteiger partial charge in [-0.05, 0) is 18.2 Å². The number of aryl methyl sites for hydroxylation is 1. The van der Waals surface area contributed by atoms with Crippen LogP contribution in [0, 0.1) is 0 Å². The van der Waals surface area contributed by atoms with Gasteiger partial charge in [0.15, 0.2) is 5.75 Å². The zero-order valence-corrected chi connectivity index (χ0v) is 12.5. The third-order valence-corrected chi connectivity index (χ3v) is 3.41. The number of aliphatic hydroxyl groups is 1. The second kappa shape index (κ2) is 5.63. The zero-order valence-electron chi connectivity index (χ0n) is 10.9. The zero-order chi connectivity index (χ0) is 14.0. The van der Waals surface area contributed by atoms with Crippen LogP contribution < -0.4 is 9.47 Å². The minimum Gasteiger partial charge on any atom is -0.496 e. The molecular formula is C13H15BrN2O3. The summed E-state index contributed by atoms with van der Waals surface area (Å²) in [5.74, 6) is 1.15. The molecule has 0 radical (unpaired) electrons. The summed E-state index contributed by atoms with van der Waals surface area (Å²) >= 11 is 3.39. The van der Waals surface area contributed by atoms with Gasteiger partial charge in [0, 0.05) is 17.1 Å². The molecule has 6 heteroatoms. The largest absolute Gasteiger partial charge is 0.496 e. The van der Waals surface area contributed by atoms with Gasteiger partial charge in [-0.2, -0.15) is 5.10 Å². The van der Waals surface area contributed by atoms with E-state index in [1.807, 2.05) is 12.1 Å². The third-order valence-electron chi connectivity index (χ3n) is 2.91. The van der Waals surface area contributed by atoms with Gasteiger partial charge in [0.05, 0.1) is 20.4 Å². The first-order valence-electron chi connectivity index (χ1n) is 5.66. The predicted octanol–water partition coefficient (Wildman–Crippen LogP) is 2.28. The van der Waals surface area contributed by atoms with Crippen molar-refractivity contribution in [3.05, 3.63) is 40.1 Å². The van der Waals surface area contributed by atoms with Gasteiger partial charge < -0.3 is 14.6 Å². The van der Waals surface area contributed by atoms with Crippen molar-refractivity contribution in [2.24, 2.45) is 7.05 Å². The second-order valence-corrected chi connectivity index (χ2v) is 4.93. The number of methoxy groups -OCH3 is 2. The van der Waals surface area contributed by atoms with Crippen molar-refractivity contribution < 1.29 is 14.6 Å². The molecule has 0 saturated carbocycles. The standard InChI is InChI=1S/C13H15BrN2O3/c1-16-12(11(19-3)7-15-16)13(17)9-6-8(14)4-5-10(9)18-2/h4-7,13,17H,1-3H3. The van der Waals surface area contributed by atoms with Gasteiger partial charge in [0.1, 0.15) is 17.5 Å². The van der Waals surface area contributed by atoms with E-state index in [-0.39, 0.29) is 0 Å². The van der Waals surface area contributed by atoms with E-state index in [0.717, 1.165) is 4.47 Å². The van der Waals surface area contributed by atoms with E-state index < -0.39 is 6.10 Å². The Morgan fingerprint density at radius 1 is 1.26 bits per heavy atom. The van der Waals surface area contributed by atoms with E-state index in [4.69, 9.17) is 9.47 Å². The molecule has 1 unspecified atom stereocenters. The van der Waals surface area contributed by atoms with Crippen LogP contribution in [0.1, 0.15) is 17.4 Å². The fourth-order valence-electron chi connectivity index (χ4n) is 1.96. The van der Waals surface area contributed by atoms with Crippen molar-refractivity contribution in [2.45, 2.75) is 6.10 Å². The Labute approximate surface area is 119 Å². The Bertz CT molecular complexity index is 583. The summed E-state index contributed by atoms with van der Waals surface area (Å²) in [5.41, 5.74) is 1.23. The van der Waals surface area contributed by atoms with E-state index in [0.29, 0.717) is 22.8 Å². The topological polar surface area (TPSA) is 56.5 Å². The second-order valence-electron chi connectivity index (χ2n) is 4.01. The summed E-state index contributed by atoms with van der Waals surface area (Å²) < 4.78 is 12.9. The Morgan fingerprint density at radius 2 is 1.95 bits per heavy atom. The predicted molar refractivity (Wildman–Crippen MR) is 74.5 cm³/mol. The molecule has 1 atom stereocenters. The van der Waals surface area contributed by atoms with Gasteiger partial charge in [0.25, 0.3) is 0 Å². The number of hydrogen-bond acceptors (Lipinski definition) is 4. The maximum absolute atomic E-state index is 10.6. The first-order chi connectivity index (χ1) is 9.08. The molecule has 5 nitrogen and oxygen atoms in total. The average Bonchev–Trinajstić information content (AvgIpc) is 2.79. The van der Waals surface area contributed by atoms with Crippen molar-refractivity contribution in [1.82, 2.24) is 9.78 Å². The summed E-state index contributed by atoms with van der Waals surface area (Å²) in [5, 5.41) is 14.7. The fourth-order valence-corrected chi connectivity index (χ4v) is 2.34. The smallest absolute Gasteiger partial charge is 0.162 e. The third kappa shape index (κ3) is 2.59. The number of ether oxygens (including phenoxy) is 2. The summed E-state index contributed by atoms with van der Waals surface area (Å²) in [6.07, 6.45) is 0.693. The normalized spacial score (nSPS) is 12.3. The van der Waals surface area contributed by atoms with Crippen molar-refractivity contribution >= 4 is 15.9 Å². The average molecular weight is 327 g/mol. The highest BCUT2D eigenvalue weighted by molar-refractivity contribution is 9.10. The van der Waals surface area contributed by atoms with Crippen LogP contribution in [0.4, 0.5) is 0 Å². The molecule has 0 amide bonds. The molecule has 19 heavy (non-hydrogen) atoms. The van der Waals surface area contributed by atoms with Crippen LogP contribution in [0.15, 0.2) is 28.9 Å². The van der Waals surface area contributed by atoms with Gasteiger partial charge in [-0.3, -0.25) is 4.68 Å². The molecule has 0 spiro atoms. The summed E-state index contributed by atoms with van der Waals surface area (Å²) in [4.78, 5) is 0. The molecule has 0 aliphatic carbocycles. The van der Waals surface area contributed by atoms with Gasteiger partial charge in [-0.25, -0.2) is 0 Å². The van der Waals surface area contributed by atoms with Crippen LogP contribution >= 0.6 is 15.9 Å². The number of benzene rings is 1. The SMILES string of the molecule is COc1ccc(Br)cc1C(O)c1c(OC)cnn1C. The highest BCUT2D eigenvalue weighted by Crippen LogP contribution is 2.35. The van der Waals surface area contributed by atoms with Gasteiger partial charge in [-0.1, -0.05) is 15.9 Å². The Hall–Kier alpha value is -1.53. The summed E-state index contributed by atoms with van der Waals surface area (Å²) in [6.45, 7) is 0. The monoisotopic (exact) mass is 326 g/mol. The molecule has 0 aliphatic rings. The lowest BCUT2D eigenvalue weighted by Crippen LogP contribution is -2.09. The molecule has 0 aliphatic heterocycles. The first kappa shape index (κ1) is 13.9. The molecule has 0 bridgehead atoms. The molecule has 1 aromatic heterocycles. The van der Waals surface area contributed by atoms with Crippen LogP contribution in [-0.4, -0.2) is 29.1 Å². The van der Waals surface area contributed by atoms with Crippen LogP contribution in [0.3, 0.4) is 0 Å². The Morgan fingerprint density at radius 3 is 2.58 bits per heavy atom. The molecular weight excluding hydrogens is 312 g/mol. The molecule has 1 N–H and O–H groups in total. The summed E-state index contributed by atoms with van der Waals surface area (Å²) in [6, 6.07) is 5.47. The number of halogens is 1. The number of aromatic nitrogens is 2. The van der Waals surface area contributed by atoms with Gasteiger partial charge in [0.2, 0.25) is 0 Å². The minimum atomic E-state index is -0.880. The van der Waals surface area contributed by atoms with Crippen molar-refractivity contribution in [3.63, 3.8) is 0 Å². The molecule has 0 saturated heterocycles. The van der Waals surface area contributed by atoms with E-state index in [1.54, 1.807) is 38.2 Å². The van der Waals surface area contributed by atoms with E-state index in [2.05, 4.69) is 21.0 Å². The van der Waals surface area contributed by atoms with Crippen LogP contribution in [0.5, 0.6) is 11.5 Å². The molecule has 1 aromatic carbocycles. The van der Waals surface area contributed by atoms with E-state index >= 15 is 0 Å². The van der Waals surface area contributed by atoms with E-state index in [1.165, 1.54) is 0 Å². The van der Waals surface area contributed by atoms with Gasteiger partial charge in [-0.15, -0.1) is 0 Å². The highest BCUT2D eigenvalue weighted by atomic mass is 79.9. The Balaban J connectivity index is 2.51. The minimum absolute atomic E-state index is 0.539. The van der Waals surface area contributed by atoms with Crippen molar-refractivity contribution in [2.75, 3.05) is 14.2 Å². The highest BCUT2D eigenvalue weighted by Gasteiger charge is 2.23. The van der Waals surface area contributed by atoms with Crippen LogP contribution in [-0.2, 0) is 7.05 Å². The maximum atomic E-state index is 10.6. The van der Waals surface area contributed by atoms with Crippen molar-refractivity contribution in [1.29, 1.82) is 0 Å². The fraction of sp³-hybridized carbons (Fsp3) is 0.308. The molecule has 2 rings (SSSR count). The summed E-state index contributed by atoms with van der Waals surface area (Å²) in [7, 11) is 4.87. The number of aliphatic hydroxyl groups excluding tert-OH is 1. The number of rotatable bonds is 4. The molecule has 102 valence electrons. The first-order valence-corrected chi connectivity index (χ1v) is 6.45. The molecule has 1 heterocycles. The van der Waals surface area contributed by atoms with Crippen LogP contribution in [0.2, 0.25) is 0 Å². The number of nitrogens with zero attached hydrogens (tertiary/aromatic N) is 2. The molecule has 0 fully saturated rings. The van der Waals surface area contributed by atoms with Crippen LogP contribution in [0.25, 0.3) is 0 Å². The lowest BCUT2D eigenvalue weighted by atomic mass is 10.0. The quantitative estimate of drug-likeness (QED) is 0.936. The van der Waals surface area contributed by atoms with E-state index in [9.17, 15) is 5.11 Å². The number of hydrogen-bond donors (Lipinski definition) is 1.